The van der Waals surface area contributed by atoms with E-state index in [1.54, 1.807) is 24.3 Å². The molecule has 0 aliphatic heterocycles. The average molecular weight is 407 g/mol. The predicted octanol–water partition coefficient (Wildman–Crippen LogP) is 3.58. The quantitative estimate of drug-likeness (QED) is 0.530. The van der Waals surface area contributed by atoms with E-state index >= 15 is 0 Å². The molecule has 7 nitrogen and oxygen atoms in total. The van der Waals surface area contributed by atoms with Crippen LogP contribution in [0, 0.1) is 0 Å². The third-order valence-electron chi connectivity index (χ3n) is 4.49. The van der Waals surface area contributed by atoms with Crippen LogP contribution in [0.2, 0.25) is 0 Å². The molecule has 0 radical (unpaired) electrons. The highest BCUT2D eigenvalue weighted by molar-refractivity contribution is 6.03. The lowest BCUT2D eigenvalue weighted by Crippen LogP contribution is -2.20. The van der Waals surface area contributed by atoms with Crippen molar-refractivity contribution in [1.82, 2.24) is 4.57 Å². The van der Waals surface area contributed by atoms with E-state index in [1.807, 2.05) is 24.3 Å². The molecule has 156 valence electrons. The fourth-order valence-corrected chi connectivity index (χ4v) is 3.13. The van der Waals surface area contributed by atoms with Crippen LogP contribution in [0.5, 0.6) is 11.5 Å². The highest BCUT2D eigenvalue weighted by atomic mass is 16.5. The Hall–Kier alpha value is -3.74. The Balaban J connectivity index is 1.66. The van der Waals surface area contributed by atoms with Gasteiger partial charge >= 0.3 is 0 Å². The summed E-state index contributed by atoms with van der Waals surface area (Å²) >= 11 is 0. The molecule has 0 saturated heterocycles. The first-order chi connectivity index (χ1) is 14.5. The molecule has 7 heteroatoms. The second-order valence-corrected chi connectivity index (χ2v) is 6.77. The van der Waals surface area contributed by atoms with Gasteiger partial charge in [-0.2, -0.15) is 0 Å². The molecule has 3 aromatic rings. The van der Waals surface area contributed by atoms with E-state index in [-0.39, 0.29) is 12.5 Å². The number of hydrogen-bond donors (Lipinski definition) is 2. The minimum Gasteiger partial charge on any atom is -0.493 e. The molecule has 0 bridgehead atoms. The molecule has 0 aliphatic rings. The zero-order chi connectivity index (χ0) is 21.5. The number of aryl methyl sites for hydroxylation is 1. The molecule has 0 spiro atoms. The number of anilines is 1. The van der Waals surface area contributed by atoms with Gasteiger partial charge in [0.15, 0.2) is 18.1 Å². The van der Waals surface area contributed by atoms with Gasteiger partial charge in [-0.1, -0.05) is 13.0 Å². The smallest absolute Gasteiger partial charge is 0.255 e. The van der Waals surface area contributed by atoms with Crippen molar-refractivity contribution in [3.05, 3.63) is 60.3 Å². The van der Waals surface area contributed by atoms with Crippen LogP contribution < -0.4 is 20.5 Å². The largest absolute Gasteiger partial charge is 0.493 e. The van der Waals surface area contributed by atoms with Crippen LogP contribution in [0.1, 0.15) is 18.9 Å². The third-order valence-corrected chi connectivity index (χ3v) is 4.49. The predicted molar refractivity (Wildman–Crippen MR) is 118 cm³/mol. The van der Waals surface area contributed by atoms with Gasteiger partial charge in [0.1, 0.15) is 0 Å². The Labute approximate surface area is 175 Å². The molecule has 3 rings (SSSR count). The van der Waals surface area contributed by atoms with Crippen molar-refractivity contribution in [2.75, 3.05) is 19.0 Å². The van der Waals surface area contributed by atoms with Gasteiger partial charge in [0, 0.05) is 35.4 Å². The number of nitrogens with one attached hydrogen (secondary N) is 1. The monoisotopic (exact) mass is 407 g/mol. The van der Waals surface area contributed by atoms with Crippen molar-refractivity contribution in [3.8, 4) is 11.5 Å². The second-order valence-electron chi connectivity index (χ2n) is 6.77. The summed E-state index contributed by atoms with van der Waals surface area (Å²) < 4.78 is 12.8. The zero-order valence-electron chi connectivity index (χ0n) is 17.1. The Bertz CT molecular complexity index is 1090. The first-order valence-corrected chi connectivity index (χ1v) is 9.67. The maximum absolute atomic E-state index is 12.3. The fraction of sp³-hybridized carbons (Fsp3) is 0.217. The molecule has 0 aliphatic carbocycles. The van der Waals surface area contributed by atoms with Crippen molar-refractivity contribution in [1.29, 1.82) is 0 Å². The van der Waals surface area contributed by atoms with Crippen LogP contribution in [-0.4, -0.2) is 30.1 Å². The van der Waals surface area contributed by atoms with Crippen molar-refractivity contribution < 1.29 is 19.1 Å². The van der Waals surface area contributed by atoms with E-state index in [0.29, 0.717) is 11.5 Å². The van der Waals surface area contributed by atoms with Crippen LogP contribution >= 0.6 is 0 Å². The Morgan fingerprint density at radius 1 is 1.13 bits per heavy atom. The van der Waals surface area contributed by atoms with Crippen molar-refractivity contribution in [3.63, 3.8) is 0 Å². The molecule has 0 saturated carbocycles. The fourth-order valence-electron chi connectivity index (χ4n) is 3.13. The number of hydrogen-bond acceptors (Lipinski definition) is 4. The molecular weight excluding hydrogens is 382 g/mol. The normalized spacial score (nSPS) is 11.0. The van der Waals surface area contributed by atoms with Crippen molar-refractivity contribution in [2.45, 2.75) is 19.9 Å². The lowest BCUT2D eigenvalue weighted by molar-refractivity contribution is -0.120. The van der Waals surface area contributed by atoms with Crippen LogP contribution in [0.25, 0.3) is 17.0 Å². The number of carbonyl (C=O) groups excluding carboxylic acids is 2. The van der Waals surface area contributed by atoms with Gasteiger partial charge < -0.3 is 25.1 Å². The van der Waals surface area contributed by atoms with E-state index in [4.69, 9.17) is 15.2 Å². The topological polar surface area (TPSA) is 95.6 Å². The van der Waals surface area contributed by atoms with Gasteiger partial charge in [-0.25, -0.2) is 0 Å². The van der Waals surface area contributed by atoms with E-state index in [1.165, 1.54) is 13.2 Å². The van der Waals surface area contributed by atoms with Crippen LogP contribution in [-0.2, 0) is 16.1 Å². The third kappa shape index (κ3) is 5.20. The van der Waals surface area contributed by atoms with Crippen LogP contribution in [0.4, 0.5) is 5.69 Å². The highest BCUT2D eigenvalue weighted by Gasteiger charge is 2.07. The summed E-state index contributed by atoms with van der Waals surface area (Å²) in [4.78, 5) is 23.2. The lowest BCUT2D eigenvalue weighted by Gasteiger charge is -2.10. The van der Waals surface area contributed by atoms with Gasteiger partial charge in [0.2, 0.25) is 5.91 Å². The maximum atomic E-state index is 12.3. The first-order valence-electron chi connectivity index (χ1n) is 9.67. The molecule has 0 fully saturated rings. The molecule has 1 aromatic heterocycles. The lowest BCUT2D eigenvalue weighted by atomic mass is 10.2. The molecule has 2 aromatic carbocycles. The molecular formula is C23H25N3O4. The van der Waals surface area contributed by atoms with E-state index < -0.39 is 5.91 Å². The van der Waals surface area contributed by atoms with Crippen LogP contribution in [0.15, 0.2) is 54.7 Å². The highest BCUT2D eigenvalue weighted by Crippen LogP contribution is 2.28. The molecule has 0 atom stereocenters. The first kappa shape index (κ1) is 21.0. The number of fused-ring (bicyclic) bond motifs is 1. The summed E-state index contributed by atoms with van der Waals surface area (Å²) in [5, 5.41) is 3.96. The zero-order valence-corrected chi connectivity index (χ0v) is 17.1. The second kappa shape index (κ2) is 9.65. The standard InChI is InChI=1S/C23H25N3O4/c1-3-11-26-12-10-17-14-18(6-7-19(17)26)25-23(28)9-5-16-4-8-20(21(13-16)29-2)30-15-22(24)27/h4-10,12-14H,3,11,15H2,1-2H3,(H2,24,27)(H,25,28). The number of benzene rings is 2. The summed E-state index contributed by atoms with van der Waals surface area (Å²) in [5.41, 5.74) is 7.72. The minimum absolute atomic E-state index is 0.236. The van der Waals surface area contributed by atoms with Gasteiger partial charge in [-0.3, -0.25) is 9.59 Å². The van der Waals surface area contributed by atoms with E-state index in [0.717, 1.165) is 35.1 Å². The number of ether oxygens (including phenoxy) is 2. The Morgan fingerprint density at radius 2 is 1.97 bits per heavy atom. The molecule has 2 amide bonds. The summed E-state index contributed by atoms with van der Waals surface area (Å²) in [5.74, 6) is 0.0373. The number of nitrogens with zero attached hydrogens (tertiary/aromatic N) is 1. The summed E-state index contributed by atoms with van der Waals surface area (Å²) in [7, 11) is 1.50. The van der Waals surface area contributed by atoms with Crippen LogP contribution in [0.3, 0.4) is 0 Å². The SMILES string of the molecule is CCCn1ccc2cc(NC(=O)C=Cc3ccc(OCC(N)=O)c(OC)c3)ccc21. The van der Waals surface area contributed by atoms with Crippen molar-refractivity contribution in [2.24, 2.45) is 5.73 Å². The van der Waals surface area contributed by atoms with Gasteiger partial charge in [-0.05, 0) is 54.5 Å². The number of amides is 2. The number of carbonyl (C=O) groups is 2. The Morgan fingerprint density at radius 3 is 2.70 bits per heavy atom. The number of methoxy groups -OCH3 is 1. The number of aromatic nitrogens is 1. The van der Waals surface area contributed by atoms with Crippen molar-refractivity contribution >= 4 is 34.5 Å². The number of rotatable bonds is 9. The number of nitrogens with two attached hydrogens (primary N) is 1. The summed E-state index contributed by atoms with van der Waals surface area (Å²) in [6.07, 6.45) is 6.25. The Kier molecular flexibility index (Phi) is 6.75. The van der Waals surface area contributed by atoms with Gasteiger partial charge in [0.25, 0.3) is 5.91 Å². The van der Waals surface area contributed by atoms with E-state index in [9.17, 15) is 9.59 Å². The molecule has 0 unspecified atom stereocenters. The van der Waals surface area contributed by atoms with Gasteiger partial charge in [0.05, 0.1) is 7.11 Å². The summed E-state index contributed by atoms with van der Waals surface area (Å²) in [6.45, 7) is 2.87. The summed E-state index contributed by atoms with van der Waals surface area (Å²) in [6, 6.07) is 13.0. The molecule has 1 heterocycles. The molecule has 3 N–H and O–H groups in total. The average Bonchev–Trinajstić information content (AvgIpc) is 3.13. The van der Waals surface area contributed by atoms with E-state index in [2.05, 4.69) is 23.0 Å². The maximum Gasteiger partial charge on any atom is 0.255 e. The van der Waals surface area contributed by atoms with Gasteiger partial charge in [-0.15, -0.1) is 0 Å². The molecule has 30 heavy (non-hydrogen) atoms. The number of primary amides is 1. The minimum atomic E-state index is -0.571.